The van der Waals surface area contributed by atoms with Gasteiger partial charge in [-0.25, -0.2) is 27.1 Å². The molecule has 0 aromatic heterocycles. The number of hydrogen-bond acceptors (Lipinski definition) is 7. The number of sulfonamides is 2. The molecule has 0 saturated heterocycles. The highest BCUT2D eigenvalue weighted by atomic mass is 32.2. The molecule has 0 atom stereocenters. The van der Waals surface area contributed by atoms with Gasteiger partial charge in [-0.05, 0) is 47.5 Å². The lowest BCUT2D eigenvalue weighted by Gasteiger charge is -2.25. The van der Waals surface area contributed by atoms with Gasteiger partial charge in [0, 0.05) is 22.9 Å². The predicted octanol–water partition coefficient (Wildman–Crippen LogP) is 2.40. The van der Waals surface area contributed by atoms with Crippen LogP contribution in [0.4, 0.5) is 0 Å². The van der Waals surface area contributed by atoms with E-state index in [1.165, 1.54) is 29.2 Å². The van der Waals surface area contributed by atoms with Gasteiger partial charge >= 0.3 is 0 Å². The molecule has 0 unspecified atom stereocenters. The molecule has 3 aromatic rings. The molecule has 174 valence electrons. The SMILES string of the molecule is NS(=O)(=O)c1ccc(CN(Cc2ccc(S(N)(=O)=O)cc2S)C(=O)c2ccccc2S)cc1. The van der Waals surface area contributed by atoms with Gasteiger partial charge < -0.3 is 4.90 Å². The third-order valence-corrected chi connectivity index (χ3v) is 7.44. The Kier molecular flexibility index (Phi) is 7.56. The van der Waals surface area contributed by atoms with E-state index in [2.05, 4.69) is 25.3 Å². The Morgan fingerprint density at radius 3 is 1.88 bits per heavy atom. The Morgan fingerprint density at radius 1 is 0.758 bits per heavy atom. The summed E-state index contributed by atoms with van der Waals surface area (Å²) in [6.07, 6.45) is 0. The molecule has 12 heteroatoms. The molecule has 33 heavy (non-hydrogen) atoms. The number of carbonyl (C=O) groups is 1. The molecule has 0 saturated carbocycles. The van der Waals surface area contributed by atoms with Crippen molar-refractivity contribution in [2.24, 2.45) is 10.3 Å². The molecule has 0 aliphatic heterocycles. The van der Waals surface area contributed by atoms with Gasteiger partial charge in [-0.1, -0.05) is 30.3 Å². The Morgan fingerprint density at radius 2 is 1.33 bits per heavy atom. The summed E-state index contributed by atoms with van der Waals surface area (Å²) in [4.78, 5) is 15.6. The fourth-order valence-corrected chi connectivity index (χ4v) is 4.77. The Bertz CT molecular complexity index is 1410. The highest BCUT2D eigenvalue weighted by Crippen LogP contribution is 2.24. The average molecular weight is 524 g/mol. The molecule has 0 aliphatic carbocycles. The lowest BCUT2D eigenvalue weighted by molar-refractivity contribution is 0.0725. The molecule has 0 bridgehead atoms. The first-order valence-electron chi connectivity index (χ1n) is 9.40. The van der Waals surface area contributed by atoms with E-state index >= 15 is 0 Å². The van der Waals surface area contributed by atoms with E-state index in [0.717, 1.165) is 0 Å². The van der Waals surface area contributed by atoms with Crippen LogP contribution in [-0.2, 0) is 33.1 Å². The molecule has 0 spiro atoms. The quantitative estimate of drug-likeness (QED) is 0.352. The highest BCUT2D eigenvalue weighted by Gasteiger charge is 2.21. The van der Waals surface area contributed by atoms with E-state index in [0.29, 0.717) is 26.5 Å². The van der Waals surface area contributed by atoms with Crippen LogP contribution in [0, 0.1) is 0 Å². The molecule has 8 nitrogen and oxygen atoms in total. The summed E-state index contributed by atoms with van der Waals surface area (Å²) in [6.45, 7) is 0.234. The molecule has 3 rings (SSSR count). The van der Waals surface area contributed by atoms with E-state index < -0.39 is 20.0 Å². The molecule has 4 N–H and O–H groups in total. The second-order valence-electron chi connectivity index (χ2n) is 7.20. The lowest BCUT2D eigenvalue weighted by atomic mass is 10.1. The predicted molar refractivity (Wildman–Crippen MR) is 130 cm³/mol. The normalized spacial score (nSPS) is 11.9. The van der Waals surface area contributed by atoms with Crippen molar-refractivity contribution in [1.29, 1.82) is 0 Å². The van der Waals surface area contributed by atoms with Crippen molar-refractivity contribution in [2.75, 3.05) is 0 Å². The Balaban J connectivity index is 1.97. The van der Waals surface area contributed by atoms with Crippen LogP contribution >= 0.6 is 25.3 Å². The van der Waals surface area contributed by atoms with Crippen LogP contribution in [0.1, 0.15) is 21.5 Å². The van der Waals surface area contributed by atoms with Gasteiger partial charge in [0.25, 0.3) is 5.91 Å². The minimum absolute atomic E-state index is 0.0407. The summed E-state index contributed by atoms with van der Waals surface area (Å²) in [5.74, 6) is -0.320. The summed E-state index contributed by atoms with van der Waals surface area (Å²) in [6, 6.07) is 16.9. The van der Waals surface area contributed by atoms with E-state index in [-0.39, 0.29) is 28.8 Å². The van der Waals surface area contributed by atoms with E-state index in [4.69, 9.17) is 10.3 Å². The summed E-state index contributed by atoms with van der Waals surface area (Å²) in [5.41, 5.74) is 1.63. The second kappa shape index (κ2) is 9.87. The van der Waals surface area contributed by atoms with Gasteiger partial charge in [0.15, 0.2) is 0 Å². The number of rotatable bonds is 7. The van der Waals surface area contributed by atoms with Gasteiger partial charge in [-0.2, -0.15) is 0 Å². The van der Waals surface area contributed by atoms with E-state index in [1.54, 1.807) is 42.5 Å². The maximum Gasteiger partial charge on any atom is 0.255 e. The number of primary sulfonamides is 2. The van der Waals surface area contributed by atoms with Crippen molar-refractivity contribution in [3.05, 3.63) is 83.4 Å². The van der Waals surface area contributed by atoms with E-state index in [1.807, 2.05) is 0 Å². The van der Waals surface area contributed by atoms with Crippen molar-refractivity contribution in [3.63, 3.8) is 0 Å². The summed E-state index contributed by atoms with van der Waals surface area (Å²) in [7, 11) is -7.74. The van der Waals surface area contributed by atoms with Crippen LogP contribution in [0.25, 0.3) is 0 Å². The molecule has 1 amide bonds. The van der Waals surface area contributed by atoms with E-state index in [9.17, 15) is 21.6 Å². The first-order chi connectivity index (χ1) is 15.4. The van der Waals surface area contributed by atoms with Crippen LogP contribution in [-0.4, -0.2) is 27.6 Å². The van der Waals surface area contributed by atoms with Gasteiger partial charge in [0.1, 0.15) is 0 Å². The maximum absolute atomic E-state index is 13.4. The largest absolute Gasteiger partial charge is 0.330 e. The first kappa shape index (κ1) is 25.3. The summed E-state index contributed by atoms with van der Waals surface area (Å²) in [5, 5.41) is 10.3. The van der Waals surface area contributed by atoms with Gasteiger partial charge in [0.05, 0.1) is 15.4 Å². The smallest absolute Gasteiger partial charge is 0.255 e. The summed E-state index contributed by atoms with van der Waals surface area (Å²) >= 11 is 8.74. The molecular formula is C21H21N3O5S4. The number of nitrogens with zero attached hydrogens (tertiary/aromatic N) is 1. The number of nitrogens with two attached hydrogens (primary N) is 2. The zero-order chi connectivity index (χ0) is 24.4. The average Bonchev–Trinajstić information content (AvgIpc) is 2.73. The molecular weight excluding hydrogens is 503 g/mol. The second-order valence-corrected chi connectivity index (χ2v) is 11.3. The summed E-state index contributed by atoms with van der Waals surface area (Å²) < 4.78 is 46.3. The third-order valence-electron chi connectivity index (χ3n) is 4.79. The number of hydrogen-bond donors (Lipinski definition) is 4. The zero-order valence-electron chi connectivity index (χ0n) is 17.1. The fourth-order valence-electron chi connectivity index (χ4n) is 3.09. The van der Waals surface area contributed by atoms with Crippen molar-refractivity contribution in [3.8, 4) is 0 Å². The zero-order valence-corrected chi connectivity index (χ0v) is 20.5. The van der Waals surface area contributed by atoms with Crippen LogP contribution in [0.5, 0.6) is 0 Å². The monoisotopic (exact) mass is 523 g/mol. The van der Waals surface area contributed by atoms with Gasteiger partial charge in [-0.3, -0.25) is 4.79 Å². The van der Waals surface area contributed by atoms with Crippen molar-refractivity contribution in [2.45, 2.75) is 32.7 Å². The van der Waals surface area contributed by atoms with Crippen LogP contribution in [0.2, 0.25) is 0 Å². The molecule has 0 aliphatic rings. The first-order valence-corrected chi connectivity index (χ1v) is 13.4. The van der Waals surface area contributed by atoms with Crippen LogP contribution in [0.15, 0.2) is 86.3 Å². The third kappa shape index (κ3) is 6.37. The maximum atomic E-state index is 13.4. The molecule has 3 aromatic carbocycles. The van der Waals surface area contributed by atoms with Crippen LogP contribution in [0.3, 0.4) is 0 Å². The number of amides is 1. The Labute approximate surface area is 203 Å². The molecule has 0 fully saturated rings. The lowest BCUT2D eigenvalue weighted by Crippen LogP contribution is -2.30. The topological polar surface area (TPSA) is 141 Å². The number of thiol groups is 2. The minimum atomic E-state index is -3.90. The molecule has 0 radical (unpaired) electrons. The van der Waals surface area contributed by atoms with Gasteiger partial charge in [-0.15, -0.1) is 25.3 Å². The van der Waals surface area contributed by atoms with Crippen LogP contribution < -0.4 is 10.3 Å². The minimum Gasteiger partial charge on any atom is -0.330 e. The van der Waals surface area contributed by atoms with Crippen molar-refractivity contribution < 1.29 is 21.6 Å². The van der Waals surface area contributed by atoms with Crippen molar-refractivity contribution >= 4 is 51.2 Å². The highest BCUT2D eigenvalue weighted by molar-refractivity contribution is 7.89. The number of carbonyl (C=O) groups excluding carboxylic acids is 1. The van der Waals surface area contributed by atoms with Crippen molar-refractivity contribution in [1.82, 2.24) is 4.90 Å². The van der Waals surface area contributed by atoms with Gasteiger partial charge in [0.2, 0.25) is 20.0 Å². The molecule has 0 heterocycles. The number of benzene rings is 3. The Hall–Kier alpha value is -2.35. The standard InChI is InChI=1S/C21H21N3O5S4/c22-32(26,27)16-8-5-14(6-9-16)12-24(21(25)18-3-1-2-4-19(18)30)13-15-7-10-17(11-20(15)31)33(23,28)29/h1-11,30-31H,12-13H2,(H2,22,26,27)(H2,23,28,29). The fraction of sp³-hybridized carbons (Fsp3) is 0.0952.